The summed E-state index contributed by atoms with van der Waals surface area (Å²) < 4.78 is 13.5. The van der Waals surface area contributed by atoms with Crippen molar-refractivity contribution in [2.24, 2.45) is 0 Å². The largest absolute Gasteiger partial charge is 0.456 e. The second kappa shape index (κ2) is 10.3. The van der Waals surface area contributed by atoms with Gasteiger partial charge in [-0.25, -0.2) is 0 Å². The molecule has 0 radical (unpaired) electrons. The summed E-state index contributed by atoms with van der Waals surface area (Å²) in [6, 6.07) is 63.6. The minimum absolute atomic E-state index is 0.901. The van der Waals surface area contributed by atoms with Crippen LogP contribution in [0.4, 0.5) is 0 Å². The Balaban J connectivity index is 1.19. The van der Waals surface area contributed by atoms with E-state index in [-0.39, 0.29) is 0 Å². The molecule has 0 bridgehead atoms. The van der Waals surface area contributed by atoms with Crippen LogP contribution >= 0.6 is 0 Å². The molecule has 12 rings (SSSR count). The van der Waals surface area contributed by atoms with E-state index < -0.39 is 0 Å². The van der Waals surface area contributed by atoms with Crippen molar-refractivity contribution in [3.05, 3.63) is 176 Å². The Morgan fingerprint density at radius 3 is 1.42 bits per heavy atom. The number of furan rings is 1. The third kappa shape index (κ3) is 3.65. The average Bonchev–Trinajstić information content (AvgIpc) is 3.94. The first-order valence-electron chi connectivity index (χ1n) is 17.8. The molecular weight excluding hydrogens is 635 g/mol. The molecule has 0 amide bonds. The number of nitrogens with zero attached hydrogens (tertiary/aromatic N) is 3. The second-order valence-corrected chi connectivity index (χ2v) is 13.7. The lowest BCUT2D eigenvalue weighted by molar-refractivity contribution is 0.669. The Labute approximate surface area is 297 Å². The van der Waals surface area contributed by atoms with E-state index in [1.807, 2.05) is 12.1 Å². The fourth-order valence-electron chi connectivity index (χ4n) is 8.85. The van der Waals surface area contributed by atoms with Crippen LogP contribution in [0.25, 0.3) is 104 Å². The number of hydrogen-bond acceptors (Lipinski definition) is 1. The lowest BCUT2D eigenvalue weighted by Crippen LogP contribution is -1.99. The molecule has 4 heteroatoms. The summed E-state index contributed by atoms with van der Waals surface area (Å²) in [5, 5.41) is 9.68. The SMILES string of the molecule is c1ccc(-n2c3ccccc3c3ccc4c5ccccc5n(-c5ccc6c(c5)c5ccccc5n6-c5ccc6oc7ccccc7c6c5)c4c32)cc1. The molecule has 242 valence electrons. The second-order valence-electron chi connectivity index (χ2n) is 13.7. The lowest BCUT2D eigenvalue weighted by Gasteiger charge is -2.13. The lowest BCUT2D eigenvalue weighted by atomic mass is 10.1. The maximum Gasteiger partial charge on any atom is 0.135 e. The summed E-state index contributed by atoms with van der Waals surface area (Å²) in [4.78, 5) is 0. The van der Waals surface area contributed by atoms with E-state index in [2.05, 4.69) is 177 Å². The zero-order valence-electron chi connectivity index (χ0n) is 28.0. The van der Waals surface area contributed by atoms with E-state index in [0.29, 0.717) is 0 Å². The van der Waals surface area contributed by atoms with Crippen LogP contribution in [0.5, 0.6) is 0 Å². The van der Waals surface area contributed by atoms with Crippen LogP contribution in [-0.4, -0.2) is 13.7 Å². The summed E-state index contributed by atoms with van der Waals surface area (Å²) in [6.45, 7) is 0. The van der Waals surface area contributed by atoms with Crippen LogP contribution in [0, 0.1) is 0 Å². The van der Waals surface area contributed by atoms with Crippen molar-refractivity contribution in [3.63, 3.8) is 0 Å². The first kappa shape index (κ1) is 27.7. The molecule has 4 nitrogen and oxygen atoms in total. The third-order valence-corrected chi connectivity index (χ3v) is 11.0. The molecule has 52 heavy (non-hydrogen) atoms. The maximum absolute atomic E-state index is 6.20. The number of para-hydroxylation sites is 5. The smallest absolute Gasteiger partial charge is 0.135 e. The van der Waals surface area contributed by atoms with Crippen molar-refractivity contribution < 1.29 is 4.42 Å². The molecular formula is C48H29N3O. The molecule has 0 saturated carbocycles. The van der Waals surface area contributed by atoms with Crippen LogP contribution in [0.2, 0.25) is 0 Å². The topological polar surface area (TPSA) is 27.9 Å². The van der Waals surface area contributed by atoms with Crippen molar-refractivity contribution in [1.82, 2.24) is 13.7 Å². The van der Waals surface area contributed by atoms with Gasteiger partial charge in [0.05, 0.1) is 33.1 Å². The standard InChI is InChI=1S/C48H29N3O/c1-2-12-30(13-3-1)50-42-19-9-4-14-33(42)37-24-25-38-34-15-5-10-20-43(34)51(48(38)47(37)50)32-22-26-44-39(28-32)35-16-6-8-18-41(35)49(44)31-23-27-46-40(29-31)36-17-7-11-21-45(36)52-46/h1-29H. The van der Waals surface area contributed by atoms with Crippen LogP contribution in [0.3, 0.4) is 0 Å². The number of aromatic nitrogens is 3. The molecule has 0 fully saturated rings. The highest BCUT2D eigenvalue weighted by atomic mass is 16.3. The zero-order chi connectivity index (χ0) is 33.9. The predicted octanol–water partition coefficient (Wildman–Crippen LogP) is 12.9. The van der Waals surface area contributed by atoms with Gasteiger partial charge in [0.2, 0.25) is 0 Å². The highest BCUT2D eigenvalue weighted by Gasteiger charge is 2.22. The summed E-state index contributed by atoms with van der Waals surface area (Å²) in [5.74, 6) is 0. The summed E-state index contributed by atoms with van der Waals surface area (Å²) >= 11 is 0. The molecule has 0 aliphatic rings. The third-order valence-electron chi connectivity index (χ3n) is 11.0. The van der Waals surface area contributed by atoms with Gasteiger partial charge in [0.15, 0.2) is 0 Å². The van der Waals surface area contributed by atoms with Gasteiger partial charge in [0.1, 0.15) is 11.2 Å². The van der Waals surface area contributed by atoms with Crippen LogP contribution in [0.15, 0.2) is 180 Å². The molecule has 8 aromatic carbocycles. The Kier molecular flexibility index (Phi) is 5.47. The van der Waals surface area contributed by atoms with Crippen molar-refractivity contribution >= 4 is 87.4 Å². The van der Waals surface area contributed by atoms with Gasteiger partial charge in [0.25, 0.3) is 0 Å². The van der Waals surface area contributed by atoms with Gasteiger partial charge in [-0.1, -0.05) is 103 Å². The number of fused-ring (bicyclic) bond motifs is 13. The average molecular weight is 664 g/mol. The summed E-state index contributed by atoms with van der Waals surface area (Å²) in [5.41, 5.74) is 12.4. The van der Waals surface area contributed by atoms with Crippen molar-refractivity contribution in [3.8, 4) is 17.1 Å². The first-order valence-corrected chi connectivity index (χ1v) is 17.8. The molecule has 0 spiro atoms. The van der Waals surface area contributed by atoms with Crippen molar-refractivity contribution in [1.29, 1.82) is 0 Å². The summed E-state index contributed by atoms with van der Waals surface area (Å²) in [7, 11) is 0. The Hall–Kier alpha value is -7.04. The van der Waals surface area contributed by atoms with Crippen LogP contribution in [0.1, 0.15) is 0 Å². The van der Waals surface area contributed by atoms with Gasteiger partial charge in [-0.05, 0) is 72.8 Å². The quantitative estimate of drug-likeness (QED) is 0.185. The maximum atomic E-state index is 6.20. The highest BCUT2D eigenvalue weighted by molar-refractivity contribution is 6.24. The van der Waals surface area contributed by atoms with Gasteiger partial charge in [-0.15, -0.1) is 0 Å². The summed E-state index contributed by atoms with van der Waals surface area (Å²) in [6.07, 6.45) is 0. The minimum atomic E-state index is 0.901. The molecule has 0 atom stereocenters. The Bertz CT molecular complexity index is 3410. The number of benzene rings is 8. The molecule has 4 aromatic heterocycles. The Morgan fingerprint density at radius 2 is 0.731 bits per heavy atom. The normalized spacial score (nSPS) is 12.2. The van der Waals surface area contributed by atoms with E-state index in [1.54, 1.807) is 0 Å². The molecule has 0 aliphatic heterocycles. The molecule has 0 aliphatic carbocycles. The molecule has 0 saturated heterocycles. The van der Waals surface area contributed by atoms with E-state index >= 15 is 0 Å². The van der Waals surface area contributed by atoms with E-state index in [9.17, 15) is 0 Å². The fraction of sp³-hybridized carbons (Fsp3) is 0. The predicted molar refractivity (Wildman–Crippen MR) is 217 cm³/mol. The van der Waals surface area contributed by atoms with Crippen LogP contribution in [-0.2, 0) is 0 Å². The zero-order valence-corrected chi connectivity index (χ0v) is 28.0. The van der Waals surface area contributed by atoms with Crippen molar-refractivity contribution in [2.75, 3.05) is 0 Å². The fourth-order valence-corrected chi connectivity index (χ4v) is 8.85. The number of hydrogen-bond donors (Lipinski definition) is 0. The van der Waals surface area contributed by atoms with Gasteiger partial charge >= 0.3 is 0 Å². The van der Waals surface area contributed by atoms with E-state index in [4.69, 9.17) is 4.42 Å². The van der Waals surface area contributed by atoms with E-state index in [1.165, 1.54) is 65.4 Å². The van der Waals surface area contributed by atoms with Gasteiger partial charge in [-0.3, -0.25) is 0 Å². The van der Waals surface area contributed by atoms with Gasteiger partial charge < -0.3 is 18.1 Å². The van der Waals surface area contributed by atoms with Gasteiger partial charge in [0, 0.05) is 60.2 Å². The number of rotatable bonds is 3. The van der Waals surface area contributed by atoms with Crippen molar-refractivity contribution in [2.45, 2.75) is 0 Å². The monoisotopic (exact) mass is 663 g/mol. The van der Waals surface area contributed by atoms with E-state index in [0.717, 1.165) is 39.0 Å². The Morgan fingerprint density at radius 1 is 0.269 bits per heavy atom. The minimum Gasteiger partial charge on any atom is -0.456 e. The molecule has 0 N–H and O–H groups in total. The molecule has 12 aromatic rings. The highest BCUT2D eigenvalue weighted by Crippen LogP contribution is 2.43. The van der Waals surface area contributed by atoms with Gasteiger partial charge in [-0.2, -0.15) is 0 Å². The molecule has 0 unspecified atom stereocenters. The first-order chi connectivity index (χ1) is 25.8. The van der Waals surface area contributed by atoms with Crippen LogP contribution < -0.4 is 0 Å². The molecule has 4 heterocycles.